The zero-order chi connectivity index (χ0) is 36.9. The monoisotopic (exact) mass is 692 g/mol. The van der Waals surface area contributed by atoms with Gasteiger partial charge >= 0.3 is 6.09 Å². The molecule has 16 heteroatoms. The lowest BCUT2D eigenvalue weighted by atomic mass is 9.95. The van der Waals surface area contributed by atoms with Crippen LogP contribution in [0.1, 0.15) is 48.8 Å². The number of hydrogen-bond donors (Lipinski definition) is 9. The Balaban J connectivity index is 2.15. The number of amides is 5. The van der Waals surface area contributed by atoms with Crippen molar-refractivity contribution in [3.8, 4) is 0 Å². The van der Waals surface area contributed by atoms with E-state index in [1.807, 2.05) is 30.3 Å². The molecule has 0 bridgehead atoms. The number of nitrogens with two attached hydrogens (primary N) is 4. The average Bonchev–Trinajstić information content (AvgIpc) is 3.09. The van der Waals surface area contributed by atoms with Gasteiger partial charge in [0.25, 0.3) is 0 Å². The van der Waals surface area contributed by atoms with Crippen molar-refractivity contribution in [3.63, 3.8) is 0 Å². The number of alkyl carbamates (subject to hydrolysis) is 1. The molecule has 2 rings (SSSR count). The first-order valence-corrected chi connectivity index (χ1v) is 16.1. The average molecular weight is 693 g/mol. The van der Waals surface area contributed by atoms with Crippen LogP contribution in [0.15, 0.2) is 72.2 Å². The molecule has 0 fully saturated rings. The lowest BCUT2D eigenvalue weighted by Crippen LogP contribution is -2.55. The Morgan fingerprint density at radius 1 is 0.800 bits per heavy atom. The van der Waals surface area contributed by atoms with Gasteiger partial charge in [0.2, 0.25) is 23.6 Å². The zero-order valence-electron chi connectivity index (χ0n) is 28.0. The lowest BCUT2D eigenvalue weighted by molar-refractivity contribution is -0.138. The minimum absolute atomic E-state index is 0.0228. The van der Waals surface area contributed by atoms with Crippen LogP contribution in [0, 0.1) is 11.3 Å². The molecule has 0 aromatic heterocycles. The number of primary amides is 1. The van der Waals surface area contributed by atoms with Gasteiger partial charge in [0.15, 0.2) is 5.96 Å². The number of nitrogen functional groups attached to an aromatic ring is 1. The molecule has 0 aliphatic rings. The predicted molar refractivity (Wildman–Crippen MR) is 189 cm³/mol. The van der Waals surface area contributed by atoms with Gasteiger partial charge in [-0.2, -0.15) is 0 Å². The van der Waals surface area contributed by atoms with Crippen molar-refractivity contribution in [3.05, 3.63) is 83.9 Å². The van der Waals surface area contributed by atoms with E-state index in [0.29, 0.717) is 30.4 Å². The van der Waals surface area contributed by atoms with Crippen LogP contribution in [0.25, 0.3) is 0 Å². The Kier molecular flexibility index (Phi) is 17.6. The third-order valence-electron chi connectivity index (χ3n) is 7.40. The van der Waals surface area contributed by atoms with Crippen molar-refractivity contribution in [2.75, 3.05) is 19.6 Å². The summed E-state index contributed by atoms with van der Waals surface area (Å²) in [5.74, 6) is -4.29. The van der Waals surface area contributed by atoms with Gasteiger partial charge in [-0.3, -0.25) is 29.6 Å². The summed E-state index contributed by atoms with van der Waals surface area (Å²) in [5.41, 5.74) is 23.7. The number of benzene rings is 2. The molecule has 2 unspecified atom stereocenters. The van der Waals surface area contributed by atoms with E-state index >= 15 is 0 Å². The number of hydrogen-bond acceptors (Lipinski definition) is 8. The molecule has 16 nitrogen and oxygen atoms in total. The molecule has 0 aliphatic carbocycles. The Hall–Kier alpha value is -5.93. The first-order valence-electron chi connectivity index (χ1n) is 16.1. The number of ether oxygens (including phenoxy) is 1. The highest BCUT2D eigenvalue weighted by Crippen LogP contribution is 2.13. The van der Waals surface area contributed by atoms with Crippen LogP contribution in [0.5, 0.6) is 0 Å². The van der Waals surface area contributed by atoms with Crippen molar-refractivity contribution in [2.24, 2.45) is 33.8 Å². The van der Waals surface area contributed by atoms with E-state index in [0.717, 1.165) is 5.56 Å². The van der Waals surface area contributed by atoms with Gasteiger partial charge in [-0.1, -0.05) is 60.7 Å². The lowest BCUT2D eigenvalue weighted by Gasteiger charge is -2.24. The third kappa shape index (κ3) is 15.3. The minimum atomic E-state index is -1.25. The van der Waals surface area contributed by atoms with Crippen LogP contribution in [-0.2, 0) is 36.9 Å². The summed E-state index contributed by atoms with van der Waals surface area (Å²) in [7, 11) is 0. The largest absolute Gasteiger partial charge is 0.445 e. The molecule has 0 aliphatic heterocycles. The SMILES string of the molecule is C=CCNC(=O)[C@H](Cc1ccc(C(=N)N)cc1)C(=O)NC(CCCCNC(=O)OCc1ccccc1)C(=O)NC(CCCN=C(N)N)C(N)=O. The van der Waals surface area contributed by atoms with Crippen LogP contribution >= 0.6 is 0 Å². The van der Waals surface area contributed by atoms with Crippen LogP contribution in [0.3, 0.4) is 0 Å². The fourth-order valence-corrected chi connectivity index (χ4v) is 4.70. The quantitative estimate of drug-likeness (QED) is 0.0264. The molecule has 3 atom stereocenters. The summed E-state index contributed by atoms with van der Waals surface area (Å²) in [4.78, 5) is 68.5. The smallest absolute Gasteiger partial charge is 0.407 e. The summed E-state index contributed by atoms with van der Waals surface area (Å²) in [5, 5.41) is 18.2. The summed E-state index contributed by atoms with van der Waals surface area (Å²) < 4.78 is 5.21. The first kappa shape index (κ1) is 40.2. The van der Waals surface area contributed by atoms with Gasteiger partial charge in [-0.25, -0.2) is 4.79 Å². The van der Waals surface area contributed by atoms with Gasteiger partial charge in [0, 0.05) is 25.2 Å². The Bertz CT molecular complexity index is 1480. The molecular weight excluding hydrogens is 644 g/mol. The van der Waals surface area contributed by atoms with Crippen molar-refractivity contribution in [2.45, 2.75) is 57.2 Å². The second kappa shape index (κ2) is 21.8. The van der Waals surface area contributed by atoms with Crippen molar-refractivity contribution < 1.29 is 28.7 Å². The van der Waals surface area contributed by atoms with E-state index in [4.69, 9.17) is 33.1 Å². The van der Waals surface area contributed by atoms with Crippen LogP contribution in [0.2, 0.25) is 0 Å². The number of rotatable bonds is 22. The minimum Gasteiger partial charge on any atom is -0.445 e. The molecule has 5 amide bonds. The number of amidine groups is 1. The molecule has 50 heavy (non-hydrogen) atoms. The molecular formula is C34H48N10O6. The molecule has 2 aromatic rings. The second-order valence-corrected chi connectivity index (χ2v) is 11.4. The van der Waals surface area contributed by atoms with Gasteiger partial charge in [0.05, 0.1) is 0 Å². The maximum Gasteiger partial charge on any atom is 0.407 e. The molecule has 0 heterocycles. The van der Waals surface area contributed by atoms with Crippen LogP contribution in [-0.4, -0.2) is 73.2 Å². The molecule has 0 saturated carbocycles. The highest BCUT2D eigenvalue weighted by atomic mass is 16.5. The van der Waals surface area contributed by atoms with Gasteiger partial charge < -0.3 is 48.9 Å². The zero-order valence-corrected chi connectivity index (χ0v) is 28.0. The van der Waals surface area contributed by atoms with Crippen LogP contribution < -0.4 is 44.2 Å². The number of guanidine groups is 1. The standard InChI is InChI=1S/C34H48N10O6/c1-2-17-40-30(46)25(20-22-13-15-24(16-14-22)28(35)36)31(47)44-27(32(48)43-26(29(37)45)12-8-19-41-33(38)39)11-6-7-18-42-34(49)50-21-23-9-4-3-5-10-23/h2-5,9-10,13-16,25-27H,1,6-8,11-12,17-21H2,(H3,35,36)(H2,37,45)(H,40,46)(H,42,49)(H,43,48)(H,44,47)(H4,38,39,41)/t25-,26?,27?/m0/s1. The molecule has 0 spiro atoms. The number of aliphatic imine (C=N–C) groups is 1. The Labute approximate surface area is 291 Å². The maximum atomic E-state index is 13.7. The highest BCUT2D eigenvalue weighted by Gasteiger charge is 2.31. The molecule has 0 saturated heterocycles. The van der Waals surface area contributed by atoms with E-state index in [1.165, 1.54) is 6.08 Å². The van der Waals surface area contributed by atoms with Crippen molar-refractivity contribution in [1.29, 1.82) is 5.41 Å². The van der Waals surface area contributed by atoms with E-state index in [2.05, 4.69) is 32.8 Å². The first-order chi connectivity index (χ1) is 23.9. The summed E-state index contributed by atoms with van der Waals surface area (Å²) in [6.07, 6.45) is 2.20. The fraction of sp³-hybridized carbons (Fsp3) is 0.382. The number of unbranched alkanes of at least 4 members (excludes halogenated alkanes) is 1. The van der Waals surface area contributed by atoms with E-state index < -0.39 is 47.7 Å². The summed E-state index contributed by atoms with van der Waals surface area (Å²) in [6.45, 7) is 4.24. The van der Waals surface area contributed by atoms with E-state index in [1.54, 1.807) is 24.3 Å². The van der Waals surface area contributed by atoms with Gasteiger partial charge in [-0.05, 0) is 49.7 Å². The van der Waals surface area contributed by atoms with Crippen molar-refractivity contribution in [1.82, 2.24) is 21.3 Å². The summed E-state index contributed by atoms with van der Waals surface area (Å²) >= 11 is 0. The Morgan fingerprint density at radius 3 is 2.08 bits per heavy atom. The number of carbonyl (C=O) groups is 5. The maximum absolute atomic E-state index is 13.7. The molecule has 13 N–H and O–H groups in total. The van der Waals surface area contributed by atoms with Crippen LogP contribution in [0.4, 0.5) is 4.79 Å². The third-order valence-corrected chi connectivity index (χ3v) is 7.40. The normalized spacial score (nSPS) is 12.2. The number of nitrogens with zero attached hydrogens (tertiary/aromatic N) is 1. The van der Waals surface area contributed by atoms with E-state index in [9.17, 15) is 24.0 Å². The number of carbonyl (C=O) groups excluding carboxylic acids is 5. The Morgan fingerprint density at radius 2 is 1.46 bits per heavy atom. The van der Waals surface area contributed by atoms with Crippen molar-refractivity contribution >= 4 is 41.5 Å². The second-order valence-electron chi connectivity index (χ2n) is 11.4. The molecule has 0 radical (unpaired) electrons. The molecule has 270 valence electrons. The van der Waals surface area contributed by atoms with E-state index in [-0.39, 0.29) is 57.3 Å². The van der Waals surface area contributed by atoms with Gasteiger partial charge in [0.1, 0.15) is 30.4 Å². The topological polar surface area (TPSA) is 283 Å². The van der Waals surface area contributed by atoms with Gasteiger partial charge in [-0.15, -0.1) is 6.58 Å². The number of nitrogens with one attached hydrogen (secondary N) is 5. The highest BCUT2D eigenvalue weighted by molar-refractivity contribution is 6.02. The molecule has 2 aromatic carbocycles. The fourth-order valence-electron chi connectivity index (χ4n) is 4.70. The summed E-state index contributed by atoms with van der Waals surface area (Å²) in [6, 6.07) is 13.5. The predicted octanol–water partition coefficient (Wildman–Crippen LogP) is 0.0368.